The molecular formula is C11H16N2O. The van der Waals surface area contributed by atoms with Crippen LogP contribution in [0.2, 0.25) is 0 Å². The van der Waals surface area contributed by atoms with Gasteiger partial charge in [0, 0.05) is 12.1 Å². The molecule has 0 aliphatic carbocycles. The van der Waals surface area contributed by atoms with Crippen LogP contribution in [0.1, 0.15) is 18.4 Å². The normalized spacial score (nSPS) is 9.86. The first-order valence-corrected chi connectivity index (χ1v) is 4.79. The van der Waals surface area contributed by atoms with Crippen LogP contribution < -0.4 is 11.1 Å². The molecule has 0 heterocycles. The van der Waals surface area contributed by atoms with E-state index in [9.17, 15) is 4.79 Å². The van der Waals surface area contributed by atoms with E-state index in [-0.39, 0.29) is 5.91 Å². The number of carbonyl (C=O) groups excluding carboxylic acids is 1. The first kappa shape index (κ1) is 10.7. The number of para-hydroxylation sites is 1. The Labute approximate surface area is 84.3 Å². The Morgan fingerprint density at radius 2 is 2.14 bits per heavy atom. The van der Waals surface area contributed by atoms with Gasteiger partial charge in [0.1, 0.15) is 0 Å². The van der Waals surface area contributed by atoms with Crippen molar-refractivity contribution in [1.82, 2.24) is 0 Å². The molecule has 1 rings (SSSR count). The van der Waals surface area contributed by atoms with Crippen LogP contribution >= 0.6 is 0 Å². The summed E-state index contributed by atoms with van der Waals surface area (Å²) in [6.45, 7) is 2.53. The lowest BCUT2D eigenvalue weighted by Crippen LogP contribution is -2.13. The van der Waals surface area contributed by atoms with Gasteiger partial charge in [0.05, 0.1) is 0 Å². The van der Waals surface area contributed by atoms with Crippen LogP contribution in [0.4, 0.5) is 5.69 Å². The largest absolute Gasteiger partial charge is 0.330 e. The van der Waals surface area contributed by atoms with Gasteiger partial charge in [0.2, 0.25) is 5.91 Å². The Hall–Kier alpha value is -1.35. The Kier molecular flexibility index (Phi) is 4.13. The zero-order valence-corrected chi connectivity index (χ0v) is 8.42. The van der Waals surface area contributed by atoms with Crippen molar-refractivity contribution in [2.75, 3.05) is 11.9 Å². The molecule has 3 nitrogen and oxygen atoms in total. The fourth-order valence-electron chi connectivity index (χ4n) is 1.19. The summed E-state index contributed by atoms with van der Waals surface area (Å²) in [5.41, 5.74) is 7.28. The molecule has 3 heteroatoms. The lowest BCUT2D eigenvalue weighted by Gasteiger charge is -2.07. The molecule has 1 aromatic carbocycles. The predicted molar refractivity (Wildman–Crippen MR) is 58.1 cm³/mol. The van der Waals surface area contributed by atoms with Gasteiger partial charge < -0.3 is 11.1 Å². The Morgan fingerprint density at radius 1 is 1.43 bits per heavy atom. The fourth-order valence-corrected chi connectivity index (χ4v) is 1.19. The van der Waals surface area contributed by atoms with Crippen LogP contribution in [0.25, 0.3) is 0 Å². The average Bonchev–Trinajstić information content (AvgIpc) is 2.18. The summed E-state index contributed by atoms with van der Waals surface area (Å²) in [6.07, 6.45) is 1.22. The van der Waals surface area contributed by atoms with E-state index in [0.29, 0.717) is 13.0 Å². The molecule has 0 saturated heterocycles. The molecule has 0 bridgehead atoms. The van der Waals surface area contributed by atoms with Gasteiger partial charge in [-0.05, 0) is 31.5 Å². The average molecular weight is 192 g/mol. The maximum absolute atomic E-state index is 11.4. The molecule has 0 spiro atoms. The van der Waals surface area contributed by atoms with Crippen LogP contribution in [0, 0.1) is 6.92 Å². The molecule has 0 saturated carbocycles. The molecule has 1 aromatic rings. The van der Waals surface area contributed by atoms with Crippen molar-refractivity contribution in [3.63, 3.8) is 0 Å². The molecule has 0 unspecified atom stereocenters. The lowest BCUT2D eigenvalue weighted by atomic mass is 10.2. The van der Waals surface area contributed by atoms with E-state index in [1.807, 2.05) is 31.2 Å². The van der Waals surface area contributed by atoms with Gasteiger partial charge in [-0.2, -0.15) is 0 Å². The number of nitrogens with two attached hydrogens (primary N) is 1. The third-order valence-corrected chi connectivity index (χ3v) is 2.03. The number of aryl methyl sites for hydroxylation is 1. The third kappa shape index (κ3) is 3.18. The van der Waals surface area contributed by atoms with Crippen molar-refractivity contribution >= 4 is 11.6 Å². The van der Waals surface area contributed by atoms with Crippen molar-refractivity contribution in [2.45, 2.75) is 19.8 Å². The summed E-state index contributed by atoms with van der Waals surface area (Å²) in [5.74, 6) is 0.0322. The van der Waals surface area contributed by atoms with Crippen molar-refractivity contribution in [3.05, 3.63) is 29.8 Å². The van der Waals surface area contributed by atoms with Crippen molar-refractivity contribution in [3.8, 4) is 0 Å². The molecule has 76 valence electrons. The number of carbonyl (C=O) groups is 1. The summed E-state index contributed by atoms with van der Waals surface area (Å²) < 4.78 is 0. The van der Waals surface area contributed by atoms with Crippen molar-refractivity contribution in [2.24, 2.45) is 5.73 Å². The SMILES string of the molecule is Cc1ccccc1NC(=O)CCCN. The third-order valence-electron chi connectivity index (χ3n) is 2.03. The molecular weight excluding hydrogens is 176 g/mol. The minimum absolute atomic E-state index is 0.0322. The minimum atomic E-state index is 0.0322. The molecule has 0 aliphatic rings. The maximum atomic E-state index is 11.4. The Morgan fingerprint density at radius 3 is 2.79 bits per heavy atom. The molecule has 1 amide bonds. The summed E-state index contributed by atoms with van der Waals surface area (Å²) in [5, 5.41) is 2.85. The molecule has 0 aliphatic heterocycles. The van der Waals surface area contributed by atoms with E-state index in [4.69, 9.17) is 5.73 Å². The molecule has 0 aromatic heterocycles. The second kappa shape index (κ2) is 5.40. The second-order valence-corrected chi connectivity index (χ2v) is 3.26. The number of amides is 1. The monoisotopic (exact) mass is 192 g/mol. The van der Waals surface area contributed by atoms with Crippen molar-refractivity contribution < 1.29 is 4.79 Å². The highest BCUT2D eigenvalue weighted by molar-refractivity contribution is 5.91. The van der Waals surface area contributed by atoms with Crippen LogP contribution in [-0.2, 0) is 4.79 Å². The van der Waals surface area contributed by atoms with E-state index in [0.717, 1.165) is 17.7 Å². The first-order chi connectivity index (χ1) is 6.74. The molecule has 0 fully saturated rings. The fraction of sp³-hybridized carbons (Fsp3) is 0.364. The topological polar surface area (TPSA) is 55.1 Å². The predicted octanol–water partition coefficient (Wildman–Crippen LogP) is 1.67. The summed E-state index contributed by atoms with van der Waals surface area (Å²) in [7, 11) is 0. The molecule has 3 N–H and O–H groups in total. The standard InChI is InChI=1S/C11H16N2O/c1-9-5-2-3-6-10(9)13-11(14)7-4-8-12/h2-3,5-6H,4,7-8,12H2,1H3,(H,13,14). The number of hydrogen-bond donors (Lipinski definition) is 2. The summed E-state index contributed by atoms with van der Waals surface area (Å²) >= 11 is 0. The highest BCUT2D eigenvalue weighted by Crippen LogP contribution is 2.13. The zero-order valence-electron chi connectivity index (χ0n) is 8.42. The first-order valence-electron chi connectivity index (χ1n) is 4.79. The van der Waals surface area contributed by atoms with E-state index in [2.05, 4.69) is 5.32 Å². The quantitative estimate of drug-likeness (QED) is 0.762. The zero-order chi connectivity index (χ0) is 10.4. The smallest absolute Gasteiger partial charge is 0.224 e. The van der Waals surface area contributed by atoms with E-state index in [1.165, 1.54) is 0 Å². The number of hydrogen-bond acceptors (Lipinski definition) is 2. The summed E-state index contributed by atoms with van der Waals surface area (Å²) in [6, 6.07) is 7.73. The van der Waals surface area contributed by atoms with Crippen LogP contribution in [0.3, 0.4) is 0 Å². The Balaban J connectivity index is 2.52. The van der Waals surface area contributed by atoms with Crippen LogP contribution in [-0.4, -0.2) is 12.5 Å². The number of nitrogens with one attached hydrogen (secondary N) is 1. The van der Waals surface area contributed by atoms with E-state index in [1.54, 1.807) is 0 Å². The van der Waals surface area contributed by atoms with E-state index < -0.39 is 0 Å². The Bertz CT molecular complexity index is 310. The van der Waals surface area contributed by atoms with Gasteiger partial charge in [-0.3, -0.25) is 4.79 Å². The second-order valence-electron chi connectivity index (χ2n) is 3.26. The van der Waals surface area contributed by atoms with Gasteiger partial charge in [-0.1, -0.05) is 18.2 Å². The van der Waals surface area contributed by atoms with Crippen LogP contribution in [0.5, 0.6) is 0 Å². The highest BCUT2D eigenvalue weighted by Gasteiger charge is 2.02. The number of anilines is 1. The van der Waals surface area contributed by atoms with Gasteiger partial charge in [-0.25, -0.2) is 0 Å². The van der Waals surface area contributed by atoms with Gasteiger partial charge in [0.25, 0.3) is 0 Å². The highest BCUT2D eigenvalue weighted by atomic mass is 16.1. The van der Waals surface area contributed by atoms with Crippen molar-refractivity contribution in [1.29, 1.82) is 0 Å². The van der Waals surface area contributed by atoms with Gasteiger partial charge in [-0.15, -0.1) is 0 Å². The lowest BCUT2D eigenvalue weighted by molar-refractivity contribution is -0.116. The van der Waals surface area contributed by atoms with Gasteiger partial charge in [0.15, 0.2) is 0 Å². The summed E-state index contributed by atoms with van der Waals surface area (Å²) in [4.78, 5) is 11.4. The number of benzene rings is 1. The maximum Gasteiger partial charge on any atom is 0.224 e. The van der Waals surface area contributed by atoms with Gasteiger partial charge >= 0.3 is 0 Å². The van der Waals surface area contributed by atoms with Crippen LogP contribution in [0.15, 0.2) is 24.3 Å². The minimum Gasteiger partial charge on any atom is -0.330 e. The van der Waals surface area contributed by atoms with E-state index >= 15 is 0 Å². The number of rotatable bonds is 4. The molecule has 14 heavy (non-hydrogen) atoms. The molecule has 0 atom stereocenters. The molecule has 0 radical (unpaired) electrons.